The van der Waals surface area contributed by atoms with E-state index in [-0.39, 0.29) is 74.0 Å². The number of esters is 4. The Morgan fingerprint density at radius 1 is 0.272 bits per heavy atom. The molecule has 480 valence electrons. The fourth-order valence-corrected chi connectivity index (χ4v) is 15.5. The summed E-state index contributed by atoms with van der Waals surface area (Å²) in [5, 5.41) is 0. The largest absolute Gasteiger partial charge is 0.464 e. The number of thioether (sulfide) groups is 4. The van der Waals surface area contributed by atoms with Crippen LogP contribution in [0.2, 0.25) is 0 Å². The first-order chi connectivity index (χ1) is 39.2. The van der Waals surface area contributed by atoms with Crippen molar-refractivity contribution < 1.29 is 38.1 Å². The Bertz CT molecular complexity index is 1250. The van der Waals surface area contributed by atoms with Crippen LogP contribution in [0.5, 0.6) is 0 Å². The van der Waals surface area contributed by atoms with Crippen molar-refractivity contribution in [1.82, 2.24) is 0 Å². The van der Waals surface area contributed by atoms with Gasteiger partial charge in [-0.2, -0.15) is 47.0 Å². The van der Waals surface area contributed by atoms with Gasteiger partial charge in [0.15, 0.2) is 0 Å². The number of rotatable bonds is 60. The lowest BCUT2D eigenvalue weighted by Gasteiger charge is -2.33. The molecule has 0 saturated heterocycles. The predicted octanol–water partition coefficient (Wildman–Crippen LogP) is 20.7. The second-order valence-corrected chi connectivity index (χ2v) is 29.4. The molecule has 0 aromatic heterocycles. The van der Waals surface area contributed by atoms with Crippen LogP contribution in [-0.2, 0) is 38.1 Å². The van der Waals surface area contributed by atoms with Gasteiger partial charge in [-0.1, -0.05) is 237 Å². The number of hydrogen-bond donors (Lipinski definition) is 0. The monoisotopic (exact) mass is 1220 g/mol. The first-order valence-electron chi connectivity index (χ1n) is 34.2. The molecule has 8 atom stereocenters. The summed E-state index contributed by atoms with van der Waals surface area (Å²) >= 11 is 7.34. The second-order valence-electron chi connectivity index (χ2n) is 25.1. The Hall–Kier alpha value is -0.720. The number of unbranched alkanes of at least 4 members (excludes halogenated alkanes) is 16. The molecule has 0 aliphatic heterocycles. The molecule has 81 heavy (non-hydrogen) atoms. The SMILES string of the molecule is CCCCCCC(CCCC)CSCC(C)C(=O)OCC(COC(=O)C(C)CSCC(CCCC)CCCCCC)(COC(=O)C(C)CSCC(CCCC)CCCCCC)COC(=O)C(C)CSCC(CCCC)CCCCCC. The Kier molecular flexibility index (Phi) is 55.3. The number of hydrogen-bond acceptors (Lipinski definition) is 12. The van der Waals surface area contributed by atoms with Crippen molar-refractivity contribution >= 4 is 70.9 Å². The van der Waals surface area contributed by atoms with Crippen LogP contribution in [0.3, 0.4) is 0 Å². The van der Waals surface area contributed by atoms with E-state index in [0.29, 0.717) is 46.7 Å². The summed E-state index contributed by atoms with van der Waals surface area (Å²) in [5.74, 6) is 6.24. The Morgan fingerprint density at radius 2 is 0.457 bits per heavy atom. The van der Waals surface area contributed by atoms with Gasteiger partial charge in [0.1, 0.15) is 31.8 Å². The van der Waals surface area contributed by atoms with Crippen molar-refractivity contribution in [1.29, 1.82) is 0 Å². The van der Waals surface area contributed by atoms with Crippen molar-refractivity contribution in [2.75, 3.05) is 72.5 Å². The maximum atomic E-state index is 14.1. The smallest absolute Gasteiger partial charge is 0.309 e. The number of carbonyl (C=O) groups excluding carboxylic acids is 4. The van der Waals surface area contributed by atoms with E-state index < -0.39 is 5.41 Å². The zero-order valence-electron chi connectivity index (χ0n) is 55.1. The van der Waals surface area contributed by atoms with E-state index in [1.54, 1.807) is 0 Å². The average molecular weight is 1220 g/mol. The molecule has 0 spiro atoms. The molecule has 8 unspecified atom stereocenters. The van der Waals surface area contributed by atoms with E-state index in [1.807, 2.05) is 74.7 Å². The first-order valence-corrected chi connectivity index (χ1v) is 38.8. The normalized spacial score (nSPS) is 15.5. The zero-order chi connectivity index (χ0) is 60.2. The lowest BCUT2D eigenvalue weighted by molar-refractivity contribution is -0.174. The van der Waals surface area contributed by atoms with Crippen LogP contribution >= 0.6 is 47.0 Å². The maximum absolute atomic E-state index is 14.1. The highest BCUT2D eigenvalue weighted by Crippen LogP contribution is 2.30. The first kappa shape index (κ1) is 80.3. The molecule has 0 radical (unpaired) electrons. The van der Waals surface area contributed by atoms with Gasteiger partial charge in [-0.25, -0.2) is 0 Å². The minimum atomic E-state index is -1.31. The van der Waals surface area contributed by atoms with Crippen molar-refractivity contribution in [3.8, 4) is 0 Å². The molecular weight excluding hydrogens is 1090 g/mol. The molecule has 8 nitrogen and oxygen atoms in total. The van der Waals surface area contributed by atoms with Gasteiger partial charge in [0.05, 0.1) is 23.7 Å². The summed E-state index contributed by atoms with van der Waals surface area (Å²) in [6.07, 6.45) is 39.6. The van der Waals surface area contributed by atoms with Gasteiger partial charge < -0.3 is 18.9 Å². The molecule has 12 heteroatoms. The van der Waals surface area contributed by atoms with E-state index >= 15 is 0 Å². The second kappa shape index (κ2) is 55.8. The fraction of sp³-hybridized carbons (Fsp3) is 0.942. The fourth-order valence-electron chi connectivity index (χ4n) is 10.3. The van der Waals surface area contributed by atoms with Crippen LogP contribution in [0.4, 0.5) is 0 Å². The van der Waals surface area contributed by atoms with Gasteiger partial charge in [-0.3, -0.25) is 19.2 Å². The molecule has 0 amide bonds. The van der Waals surface area contributed by atoms with Crippen LogP contribution < -0.4 is 0 Å². The van der Waals surface area contributed by atoms with E-state index in [0.717, 1.165) is 23.0 Å². The topological polar surface area (TPSA) is 105 Å². The quantitative estimate of drug-likeness (QED) is 0.0329. The molecular formula is C69H132O8S4. The van der Waals surface area contributed by atoms with Gasteiger partial charge >= 0.3 is 23.9 Å². The summed E-state index contributed by atoms with van der Waals surface area (Å²) in [4.78, 5) is 56.3. The van der Waals surface area contributed by atoms with Crippen LogP contribution in [0.1, 0.15) is 289 Å². The highest BCUT2D eigenvalue weighted by Gasteiger charge is 2.40. The minimum absolute atomic E-state index is 0.216. The van der Waals surface area contributed by atoms with E-state index in [4.69, 9.17) is 18.9 Å². The molecule has 0 heterocycles. The summed E-state index contributed by atoms with van der Waals surface area (Å²) in [5.41, 5.74) is -1.31. The molecule has 0 fully saturated rings. The zero-order valence-corrected chi connectivity index (χ0v) is 58.4. The third-order valence-corrected chi connectivity index (χ3v) is 22.1. The number of ether oxygens (including phenoxy) is 4. The lowest BCUT2D eigenvalue weighted by atomic mass is 9.91. The van der Waals surface area contributed by atoms with Gasteiger partial charge in [0, 0.05) is 23.0 Å². The molecule has 0 rings (SSSR count). The Labute approximate surface area is 519 Å². The number of carbonyl (C=O) groups is 4. The van der Waals surface area contributed by atoms with Crippen molar-refractivity contribution in [2.45, 2.75) is 289 Å². The molecule has 0 bridgehead atoms. The van der Waals surface area contributed by atoms with Crippen molar-refractivity contribution in [3.63, 3.8) is 0 Å². The summed E-state index contributed by atoms with van der Waals surface area (Å²) in [6.45, 7) is 24.9. The molecule has 0 aromatic rings. The van der Waals surface area contributed by atoms with Crippen LogP contribution in [0.25, 0.3) is 0 Å². The molecule has 0 N–H and O–H groups in total. The molecule has 0 saturated carbocycles. The van der Waals surface area contributed by atoms with Crippen molar-refractivity contribution in [3.05, 3.63) is 0 Å². The van der Waals surface area contributed by atoms with Gasteiger partial charge in [0.2, 0.25) is 0 Å². The van der Waals surface area contributed by atoms with Gasteiger partial charge in [-0.05, 0) is 98.0 Å². The molecule has 0 aliphatic rings. The highest BCUT2D eigenvalue weighted by atomic mass is 32.2. The third kappa shape index (κ3) is 44.4. The minimum Gasteiger partial charge on any atom is -0.464 e. The average Bonchev–Trinajstić information content (AvgIpc) is 3.47. The van der Waals surface area contributed by atoms with Gasteiger partial charge in [0.25, 0.3) is 0 Å². The van der Waals surface area contributed by atoms with Crippen LogP contribution in [0.15, 0.2) is 0 Å². The third-order valence-electron chi connectivity index (χ3n) is 16.3. The Balaban J connectivity index is 6.69. The van der Waals surface area contributed by atoms with Crippen LogP contribution in [0, 0.1) is 52.8 Å². The predicted molar refractivity (Wildman–Crippen MR) is 359 cm³/mol. The van der Waals surface area contributed by atoms with Crippen molar-refractivity contribution in [2.24, 2.45) is 52.8 Å². The molecule has 0 aromatic carbocycles. The Morgan fingerprint density at radius 3 is 0.642 bits per heavy atom. The lowest BCUT2D eigenvalue weighted by Crippen LogP contribution is -2.45. The van der Waals surface area contributed by atoms with E-state index in [2.05, 4.69) is 55.4 Å². The van der Waals surface area contributed by atoms with Crippen LogP contribution in [-0.4, -0.2) is 96.3 Å². The van der Waals surface area contributed by atoms with Gasteiger partial charge in [-0.15, -0.1) is 0 Å². The summed E-state index contributed by atoms with van der Waals surface area (Å²) in [7, 11) is 0. The van der Waals surface area contributed by atoms with E-state index in [1.165, 1.54) is 205 Å². The summed E-state index contributed by atoms with van der Waals surface area (Å²) in [6, 6.07) is 0. The summed E-state index contributed by atoms with van der Waals surface area (Å²) < 4.78 is 24.9. The molecule has 0 aliphatic carbocycles. The maximum Gasteiger partial charge on any atom is 0.309 e. The highest BCUT2D eigenvalue weighted by molar-refractivity contribution is 7.99. The standard InChI is InChI=1S/C69H132O8S4/c1-13-21-29-33-41-61(37-25-17-5)49-78-45-57(9)65(70)74-53-69(54-75-66(71)58(10)46-79-50-62(38-26-18-6)42-34-30-22-14-2,55-76-67(72)59(11)47-80-51-63(39-27-19-7)43-35-31-23-15-3)56-77-68(73)60(12)48-81-52-64(40-28-20-8)44-36-32-24-16-4/h57-64H,13-56H2,1-12H3. The van der Waals surface area contributed by atoms with E-state index in [9.17, 15) is 19.2 Å².